The first kappa shape index (κ1) is 14.6. The van der Waals surface area contributed by atoms with Gasteiger partial charge in [-0.2, -0.15) is 11.8 Å². The molecule has 0 aliphatic carbocycles. The monoisotopic (exact) mass is 298 g/mol. The normalized spacial score (nSPS) is 15.6. The SMILES string of the molecule is O=C(O)c1ccc(NC(=O)N2CCCSCC2)c(F)c1. The van der Waals surface area contributed by atoms with Crippen molar-refractivity contribution in [3.63, 3.8) is 0 Å². The number of carboxylic acid groups (broad SMARTS) is 1. The highest BCUT2D eigenvalue weighted by Gasteiger charge is 2.17. The molecule has 1 aliphatic rings. The van der Waals surface area contributed by atoms with Gasteiger partial charge < -0.3 is 15.3 Å². The standard InChI is InChI=1S/C13H15FN2O3S/c14-10-8-9(12(17)18)2-3-11(10)15-13(19)16-4-1-6-20-7-5-16/h2-3,8H,1,4-7H2,(H,15,19)(H,17,18). The fourth-order valence-corrected chi connectivity index (χ4v) is 2.78. The van der Waals surface area contributed by atoms with Crippen LogP contribution >= 0.6 is 11.8 Å². The summed E-state index contributed by atoms with van der Waals surface area (Å²) >= 11 is 1.79. The van der Waals surface area contributed by atoms with E-state index in [4.69, 9.17) is 5.11 Å². The molecule has 1 fully saturated rings. The molecule has 20 heavy (non-hydrogen) atoms. The second kappa shape index (κ2) is 6.60. The van der Waals surface area contributed by atoms with E-state index in [0.717, 1.165) is 24.0 Å². The minimum atomic E-state index is -1.20. The lowest BCUT2D eigenvalue weighted by Gasteiger charge is -2.20. The topological polar surface area (TPSA) is 69.6 Å². The third-order valence-electron chi connectivity index (χ3n) is 2.97. The number of aromatic carboxylic acids is 1. The van der Waals surface area contributed by atoms with Crippen LogP contribution in [0.1, 0.15) is 16.8 Å². The number of thioether (sulfide) groups is 1. The predicted octanol–water partition coefficient (Wildman–Crippen LogP) is 2.49. The quantitative estimate of drug-likeness (QED) is 0.880. The molecule has 1 saturated heterocycles. The van der Waals surface area contributed by atoms with Gasteiger partial charge in [-0.15, -0.1) is 0 Å². The molecule has 108 valence electrons. The number of benzene rings is 1. The molecule has 1 aromatic carbocycles. The van der Waals surface area contributed by atoms with Crippen LogP contribution in [0.3, 0.4) is 0 Å². The number of hydrogen-bond acceptors (Lipinski definition) is 3. The summed E-state index contributed by atoms with van der Waals surface area (Å²) in [5, 5.41) is 11.2. The molecule has 0 spiro atoms. The van der Waals surface area contributed by atoms with Crippen molar-refractivity contribution in [3.05, 3.63) is 29.6 Å². The molecule has 7 heteroatoms. The Kier molecular flexibility index (Phi) is 4.84. The molecule has 0 aromatic heterocycles. The van der Waals surface area contributed by atoms with E-state index in [-0.39, 0.29) is 17.3 Å². The molecule has 0 radical (unpaired) electrons. The summed E-state index contributed by atoms with van der Waals surface area (Å²) < 4.78 is 13.7. The van der Waals surface area contributed by atoms with Crippen molar-refractivity contribution < 1.29 is 19.1 Å². The summed E-state index contributed by atoms with van der Waals surface area (Å²) in [6, 6.07) is 3.08. The number of nitrogens with zero attached hydrogens (tertiary/aromatic N) is 1. The van der Waals surface area contributed by atoms with E-state index >= 15 is 0 Å². The van der Waals surface area contributed by atoms with Gasteiger partial charge in [0.2, 0.25) is 0 Å². The second-order valence-electron chi connectivity index (χ2n) is 4.38. The molecule has 1 aliphatic heterocycles. The fourth-order valence-electron chi connectivity index (χ4n) is 1.89. The lowest BCUT2D eigenvalue weighted by molar-refractivity contribution is 0.0696. The summed E-state index contributed by atoms with van der Waals surface area (Å²) in [5.74, 6) is -0.0620. The van der Waals surface area contributed by atoms with E-state index in [1.165, 1.54) is 12.1 Å². The summed E-state index contributed by atoms with van der Waals surface area (Å²) in [6.07, 6.45) is 0.915. The number of carboxylic acids is 1. The third-order valence-corrected chi connectivity index (χ3v) is 4.02. The van der Waals surface area contributed by atoms with Crippen LogP contribution in [0.4, 0.5) is 14.9 Å². The van der Waals surface area contributed by atoms with Gasteiger partial charge in [0.1, 0.15) is 5.82 Å². The summed E-state index contributed by atoms with van der Waals surface area (Å²) in [5.41, 5.74) is -0.149. The molecule has 0 bridgehead atoms. The van der Waals surface area contributed by atoms with Crippen molar-refractivity contribution in [2.45, 2.75) is 6.42 Å². The van der Waals surface area contributed by atoms with E-state index < -0.39 is 11.8 Å². The largest absolute Gasteiger partial charge is 0.478 e. The van der Waals surface area contributed by atoms with Gasteiger partial charge in [-0.3, -0.25) is 0 Å². The maximum atomic E-state index is 13.7. The van der Waals surface area contributed by atoms with Gasteiger partial charge in [-0.05, 0) is 30.4 Å². The summed E-state index contributed by atoms with van der Waals surface area (Å²) in [7, 11) is 0. The van der Waals surface area contributed by atoms with E-state index in [2.05, 4.69) is 5.32 Å². The Labute approximate surface area is 120 Å². The van der Waals surface area contributed by atoms with Gasteiger partial charge in [0, 0.05) is 18.8 Å². The number of halogens is 1. The Hall–Kier alpha value is -1.76. The van der Waals surface area contributed by atoms with Gasteiger partial charge in [-0.1, -0.05) is 0 Å². The number of carbonyl (C=O) groups is 2. The molecule has 2 amide bonds. The molecule has 0 saturated carbocycles. The number of amides is 2. The van der Waals surface area contributed by atoms with Crippen LogP contribution in [0.5, 0.6) is 0 Å². The highest BCUT2D eigenvalue weighted by molar-refractivity contribution is 7.99. The van der Waals surface area contributed by atoms with Crippen molar-refractivity contribution in [3.8, 4) is 0 Å². The number of hydrogen-bond donors (Lipinski definition) is 2. The molecule has 5 nitrogen and oxygen atoms in total. The molecular formula is C13H15FN2O3S. The van der Waals surface area contributed by atoms with Crippen molar-refractivity contribution in [1.82, 2.24) is 4.90 Å². The van der Waals surface area contributed by atoms with Crippen molar-refractivity contribution in [2.75, 3.05) is 29.9 Å². The van der Waals surface area contributed by atoms with Crippen molar-refractivity contribution >= 4 is 29.4 Å². The van der Waals surface area contributed by atoms with Crippen LogP contribution in [0, 0.1) is 5.82 Å². The first-order chi connectivity index (χ1) is 9.58. The molecule has 0 unspecified atom stereocenters. The first-order valence-corrected chi connectivity index (χ1v) is 7.40. The van der Waals surface area contributed by atoms with Crippen LogP contribution in [-0.4, -0.2) is 46.6 Å². The van der Waals surface area contributed by atoms with Crippen LogP contribution in [0.2, 0.25) is 0 Å². The Morgan fingerprint density at radius 1 is 1.30 bits per heavy atom. The number of anilines is 1. The van der Waals surface area contributed by atoms with Gasteiger partial charge in [0.05, 0.1) is 11.3 Å². The maximum Gasteiger partial charge on any atom is 0.335 e. The fraction of sp³-hybridized carbons (Fsp3) is 0.385. The number of urea groups is 1. The van der Waals surface area contributed by atoms with Crippen LogP contribution < -0.4 is 5.32 Å². The zero-order chi connectivity index (χ0) is 14.5. The van der Waals surface area contributed by atoms with Gasteiger partial charge in [0.15, 0.2) is 0 Å². The smallest absolute Gasteiger partial charge is 0.335 e. The van der Waals surface area contributed by atoms with Crippen LogP contribution in [0.25, 0.3) is 0 Å². The van der Waals surface area contributed by atoms with Crippen molar-refractivity contribution in [2.24, 2.45) is 0 Å². The average Bonchev–Trinajstić information content (AvgIpc) is 2.69. The van der Waals surface area contributed by atoms with Crippen molar-refractivity contribution in [1.29, 1.82) is 0 Å². The van der Waals surface area contributed by atoms with E-state index in [1.54, 1.807) is 16.7 Å². The lowest BCUT2D eigenvalue weighted by atomic mass is 10.2. The van der Waals surface area contributed by atoms with Gasteiger partial charge in [-0.25, -0.2) is 14.0 Å². The van der Waals surface area contributed by atoms with Crippen LogP contribution in [-0.2, 0) is 0 Å². The Morgan fingerprint density at radius 2 is 2.10 bits per heavy atom. The Balaban J connectivity index is 2.05. The average molecular weight is 298 g/mol. The first-order valence-electron chi connectivity index (χ1n) is 6.24. The molecule has 2 rings (SSSR count). The summed E-state index contributed by atoms with van der Waals surface area (Å²) in [4.78, 5) is 24.4. The van der Waals surface area contributed by atoms with Gasteiger partial charge in [0.25, 0.3) is 0 Å². The molecule has 1 aromatic rings. The molecular weight excluding hydrogens is 283 g/mol. The molecule has 2 N–H and O–H groups in total. The maximum absolute atomic E-state index is 13.7. The Morgan fingerprint density at radius 3 is 2.80 bits per heavy atom. The minimum Gasteiger partial charge on any atom is -0.478 e. The van der Waals surface area contributed by atoms with E-state index in [9.17, 15) is 14.0 Å². The third kappa shape index (κ3) is 3.63. The van der Waals surface area contributed by atoms with Gasteiger partial charge >= 0.3 is 12.0 Å². The predicted molar refractivity (Wildman–Crippen MR) is 75.9 cm³/mol. The lowest BCUT2D eigenvalue weighted by Crippen LogP contribution is -2.36. The number of rotatable bonds is 2. The molecule has 1 heterocycles. The zero-order valence-corrected chi connectivity index (χ0v) is 11.6. The zero-order valence-electron chi connectivity index (χ0n) is 10.8. The second-order valence-corrected chi connectivity index (χ2v) is 5.61. The summed E-state index contributed by atoms with van der Waals surface area (Å²) in [6.45, 7) is 1.28. The minimum absolute atomic E-state index is 0.00287. The highest BCUT2D eigenvalue weighted by Crippen LogP contribution is 2.17. The number of carbonyl (C=O) groups excluding carboxylic acids is 1. The number of nitrogens with one attached hydrogen (secondary N) is 1. The Bertz CT molecular complexity index is 516. The molecule has 0 atom stereocenters. The van der Waals surface area contributed by atoms with Crippen LogP contribution in [0.15, 0.2) is 18.2 Å². The van der Waals surface area contributed by atoms with E-state index in [1.807, 2.05) is 0 Å². The van der Waals surface area contributed by atoms with E-state index in [0.29, 0.717) is 13.1 Å². The highest BCUT2D eigenvalue weighted by atomic mass is 32.2.